The van der Waals surface area contributed by atoms with Gasteiger partial charge in [0.1, 0.15) is 0 Å². The predicted octanol–water partition coefficient (Wildman–Crippen LogP) is 5.65. The number of rotatable bonds is 4. The number of nitrogens with one attached hydrogen (secondary N) is 1. The topological polar surface area (TPSA) is 67.8 Å². The van der Waals surface area contributed by atoms with Crippen molar-refractivity contribution >= 4 is 60.4 Å². The number of benzene rings is 2. The molecule has 0 atom stereocenters. The summed E-state index contributed by atoms with van der Waals surface area (Å²) in [5.41, 5.74) is 3.82. The van der Waals surface area contributed by atoms with Gasteiger partial charge in [0.15, 0.2) is 0 Å². The van der Waals surface area contributed by atoms with E-state index in [0.717, 1.165) is 26.3 Å². The molecular weight excluding hydrogens is 556 g/mol. The molecule has 0 spiro atoms. The van der Waals surface area contributed by atoms with E-state index in [9.17, 15) is 4.79 Å². The summed E-state index contributed by atoms with van der Waals surface area (Å²) in [6, 6.07) is 11.8. The summed E-state index contributed by atoms with van der Waals surface area (Å²) < 4.78 is 2.32. The third-order valence-corrected chi connectivity index (χ3v) is 9.01. The van der Waals surface area contributed by atoms with Crippen molar-refractivity contribution in [2.24, 2.45) is 0 Å². The first-order chi connectivity index (χ1) is 17.6. The van der Waals surface area contributed by atoms with Gasteiger partial charge in [-0.15, -0.1) is 40.1 Å². The minimum absolute atomic E-state index is 0. The molecule has 0 fully saturated rings. The van der Waals surface area contributed by atoms with Crippen LogP contribution < -0.4 is 56.7 Å². The molecule has 0 aliphatic heterocycles. The smallest absolute Gasteiger partial charge is 0.355 e. The maximum Gasteiger partial charge on any atom is 1.00 e. The van der Waals surface area contributed by atoms with Gasteiger partial charge in [-0.2, -0.15) is 18.6 Å². The Kier molecular flexibility index (Phi) is 13.5. The van der Waals surface area contributed by atoms with E-state index in [2.05, 4.69) is 74.8 Å². The summed E-state index contributed by atoms with van der Waals surface area (Å²) in [6.07, 6.45) is 1.85. The number of nitrogens with zero attached hydrogens (tertiary/aromatic N) is 3. The molecule has 2 aromatic carbocycles. The van der Waals surface area contributed by atoms with E-state index in [1.54, 1.807) is 41.1 Å². The predicted molar refractivity (Wildman–Crippen MR) is 161 cm³/mol. The van der Waals surface area contributed by atoms with Gasteiger partial charge in [0.25, 0.3) is 5.91 Å². The monoisotopic (exact) mass is 590 g/mol. The Balaban J connectivity index is 0.000000208. The average Bonchev–Trinajstić information content (AvgIpc) is 3.63. The van der Waals surface area contributed by atoms with Crippen LogP contribution in [0.25, 0.3) is 20.4 Å². The van der Waals surface area contributed by atoms with Gasteiger partial charge in [-0.1, -0.05) is 47.6 Å². The third kappa shape index (κ3) is 9.20. The Hall–Kier alpha value is -1.17. The minimum Gasteiger partial charge on any atom is -0.355 e. The van der Waals surface area contributed by atoms with Gasteiger partial charge in [0.2, 0.25) is 0 Å². The summed E-state index contributed by atoms with van der Waals surface area (Å²) in [6.45, 7) is 16.8. The normalized spacial score (nSPS) is 10.7. The number of carbonyl (C=O) groups is 1. The average molecular weight is 591 g/mol. The number of hydrogen-bond acceptors (Lipinski definition) is 7. The van der Waals surface area contributed by atoms with Gasteiger partial charge in [0, 0.05) is 41.9 Å². The van der Waals surface area contributed by atoms with Gasteiger partial charge in [-0.3, -0.25) is 4.79 Å². The minimum atomic E-state index is -0.0543. The van der Waals surface area contributed by atoms with Crippen LogP contribution in [0.2, 0.25) is 0 Å². The van der Waals surface area contributed by atoms with Crippen molar-refractivity contribution in [2.45, 2.75) is 59.3 Å². The number of carbonyl (C=O) groups excluding carboxylic acids is 1. The molecule has 0 radical (unpaired) electrons. The van der Waals surface area contributed by atoms with Gasteiger partial charge in [0.05, 0.1) is 30.8 Å². The molecule has 0 bridgehead atoms. The van der Waals surface area contributed by atoms with Crippen molar-refractivity contribution in [1.29, 1.82) is 0 Å². The Morgan fingerprint density at radius 1 is 0.816 bits per heavy atom. The van der Waals surface area contributed by atoms with Crippen LogP contribution in [0, 0.1) is 6.92 Å². The summed E-state index contributed by atoms with van der Waals surface area (Å²) in [7, 11) is 1.64. The molecule has 0 saturated heterocycles. The number of amides is 1. The van der Waals surface area contributed by atoms with E-state index in [-0.39, 0.29) is 57.3 Å². The van der Waals surface area contributed by atoms with Crippen LogP contribution >= 0.6 is 34.0 Å². The molecule has 38 heavy (non-hydrogen) atoms. The first-order valence-corrected chi connectivity index (χ1v) is 14.8. The van der Waals surface area contributed by atoms with E-state index in [1.165, 1.54) is 14.7 Å². The zero-order valence-corrected chi connectivity index (χ0v) is 29.1. The van der Waals surface area contributed by atoms with Crippen molar-refractivity contribution in [3.63, 3.8) is 0 Å². The van der Waals surface area contributed by atoms with Gasteiger partial charge in [-0.05, 0) is 22.9 Å². The van der Waals surface area contributed by atoms with Crippen LogP contribution in [-0.4, -0.2) is 27.9 Å². The summed E-state index contributed by atoms with van der Waals surface area (Å²) in [5, 5.41) is 8.18. The quantitative estimate of drug-likeness (QED) is 0.217. The molecular formula is C29H35KN4OS3. The first-order valence-electron chi connectivity index (χ1n) is 12.3. The second-order valence-electron chi connectivity index (χ2n) is 9.50. The van der Waals surface area contributed by atoms with Crippen LogP contribution in [-0.2, 0) is 0 Å². The second-order valence-corrected chi connectivity index (χ2v) is 12.6. The van der Waals surface area contributed by atoms with Crippen LogP contribution in [0.5, 0.6) is 0 Å². The summed E-state index contributed by atoms with van der Waals surface area (Å²) in [5.74, 6) is 1.49. The first kappa shape index (κ1) is 33.0. The van der Waals surface area contributed by atoms with Crippen molar-refractivity contribution < 1.29 is 56.2 Å². The number of aromatic nitrogens is 3. The van der Waals surface area contributed by atoms with Crippen LogP contribution in [0.4, 0.5) is 0 Å². The van der Waals surface area contributed by atoms with Crippen molar-refractivity contribution in [3.05, 3.63) is 81.0 Å². The maximum atomic E-state index is 11.5. The molecule has 5 nitrogen and oxygen atoms in total. The zero-order chi connectivity index (χ0) is 27.1. The molecule has 3 heterocycles. The Labute approximate surface area is 281 Å². The van der Waals surface area contributed by atoms with E-state index in [4.69, 9.17) is 0 Å². The fraction of sp³-hybridized carbons (Fsp3) is 0.345. The van der Waals surface area contributed by atoms with Gasteiger partial charge in [-0.25, -0.2) is 15.0 Å². The Morgan fingerprint density at radius 2 is 1.34 bits per heavy atom. The second kappa shape index (κ2) is 15.6. The van der Waals surface area contributed by atoms with Gasteiger partial charge >= 0.3 is 51.4 Å². The molecule has 5 rings (SSSR count). The SMILES string of the molecule is CC(C)c1nccs1.CNC(=O)c1ccc2nc(C(C)C)sc2c1.[CH2-]c1ccc2nc(C(C)C)sc2c1.[K+]. The van der Waals surface area contributed by atoms with E-state index in [1.807, 2.05) is 41.9 Å². The standard InChI is InChI=1S/C12H14N2OS.C11H12NS.C6H9NS.K/c1-7(2)12-14-9-5-4-8(11(15)13-3)6-10(9)16-12;1-7(2)11-12-9-5-4-8(3)6-10(9)13-11;1-5(2)6-7-3-4-8-6;/h4-7H,1-3H3,(H,13,15);4-7H,3H2,1-2H3;3-5H,1-2H3;/q;-1;;+1. The fourth-order valence-corrected chi connectivity index (χ4v) is 5.93. The van der Waals surface area contributed by atoms with Crippen LogP contribution in [0.15, 0.2) is 48.0 Å². The molecule has 9 heteroatoms. The zero-order valence-electron chi connectivity index (χ0n) is 23.5. The maximum absolute atomic E-state index is 11.5. The molecule has 0 saturated carbocycles. The molecule has 0 aliphatic rings. The van der Waals surface area contributed by atoms with Crippen LogP contribution in [0.3, 0.4) is 0 Å². The Morgan fingerprint density at radius 3 is 1.79 bits per heavy atom. The van der Waals surface area contributed by atoms with Gasteiger partial charge < -0.3 is 5.32 Å². The Bertz CT molecular complexity index is 1440. The number of hydrogen-bond donors (Lipinski definition) is 1. The van der Waals surface area contributed by atoms with E-state index in [0.29, 0.717) is 23.3 Å². The molecule has 1 N–H and O–H groups in total. The molecule has 196 valence electrons. The summed E-state index contributed by atoms with van der Waals surface area (Å²) >= 11 is 5.14. The molecule has 0 aliphatic carbocycles. The van der Waals surface area contributed by atoms with E-state index < -0.39 is 0 Å². The summed E-state index contributed by atoms with van der Waals surface area (Å²) in [4.78, 5) is 24.7. The van der Waals surface area contributed by atoms with Crippen molar-refractivity contribution in [3.8, 4) is 0 Å². The largest absolute Gasteiger partial charge is 1.00 e. The number of thiazole rings is 3. The van der Waals surface area contributed by atoms with Crippen molar-refractivity contribution in [2.75, 3.05) is 7.05 Å². The fourth-order valence-electron chi connectivity index (χ4n) is 3.23. The molecule has 0 unspecified atom stereocenters. The molecule has 3 aromatic heterocycles. The van der Waals surface area contributed by atoms with Crippen molar-refractivity contribution in [1.82, 2.24) is 20.3 Å². The van der Waals surface area contributed by atoms with Crippen LogP contribution in [0.1, 0.15) is 90.2 Å². The number of fused-ring (bicyclic) bond motifs is 2. The molecule has 5 aromatic rings. The third-order valence-electron chi connectivity index (χ3n) is 5.30. The van der Waals surface area contributed by atoms with E-state index >= 15 is 0 Å². The molecule has 1 amide bonds.